The molecule has 0 saturated carbocycles. The van der Waals surface area contributed by atoms with Crippen molar-refractivity contribution in [3.05, 3.63) is 34.2 Å². The molecule has 0 unspecified atom stereocenters. The first-order chi connectivity index (χ1) is 12.6. The summed E-state index contributed by atoms with van der Waals surface area (Å²) >= 11 is 6.00. The Balaban J connectivity index is 2.03. The SMILES string of the molecule is CCc1nc2c(Cl)cc(C(F)(F)F)cn2c1C(=O)N1CCC(C(N)=O)CC1. The van der Waals surface area contributed by atoms with Crippen LogP contribution in [0.2, 0.25) is 5.02 Å². The Labute approximate surface area is 158 Å². The summed E-state index contributed by atoms with van der Waals surface area (Å²) in [5.74, 6) is -1.14. The van der Waals surface area contributed by atoms with Gasteiger partial charge in [0.25, 0.3) is 5.91 Å². The molecule has 3 rings (SSSR count). The fraction of sp³-hybridized carbons (Fsp3) is 0.471. The molecule has 2 amide bonds. The molecular weight excluding hydrogens is 385 g/mol. The molecule has 0 bridgehead atoms. The van der Waals surface area contributed by atoms with Crippen molar-refractivity contribution in [2.24, 2.45) is 11.7 Å². The van der Waals surface area contributed by atoms with Gasteiger partial charge in [-0.3, -0.25) is 14.0 Å². The van der Waals surface area contributed by atoms with E-state index in [9.17, 15) is 22.8 Å². The molecule has 1 saturated heterocycles. The van der Waals surface area contributed by atoms with Crippen molar-refractivity contribution in [2.75, 3.05) is 13.1 Å². The summed E-state index contributed by atoms with van der Waals surface area (Å²) in [5, 5.41) is -0.175. The fourth-order valence-corrected chi connectivity index (χ4v) is 3.55. The number of fused-ring (bicyclic) bond motifs is 1. The molecule has 1 aliphatic rings. The minimum absolute atomic E-state index is 0.0676. The normalized spacial score (nSPS) is 16.1. The molecule has 0 atom stereocenters. The van der Waals surface area contributed by atoms with E-state index >= 15 is 0 Å². The number of likely N-dealkylation sites (tertiary alicyclic amines) is 1. The van der Waals surface area contributed by atoms with Crippen LogP contribution in [0, 0.1) is 5.92 Å². The van der Waals surface area contributed by atoms with Crippen LogP contribution in [-0.4, -0.2) is 39.2 Å². The number of aromatic nitrogens is 2. The lowest BCUT2D eigenvalue weighted by Gasteiger charge is -2.30. The number of nitrogens with two attached hydrogens (primary N) is 1. The largest absolute Gasteiger partial charge is 0.417 e. The van der Waals surface area contributed by atoms with Crippen molar-refractivity contribution >= 4 is 29.1 Å². The highest BCUT2D eigenvalue weighted by molar-refractivity contribution is 6.33. The van der Waals surface area contributed by atoms with Gasteiger partial charge in [0.15, 0.2) is 5.65 Å². The third-order valence-electron chi connectivity index (χ3n) is 4.80. The number of imidazole rings is 1. The molecule has 1 fully saturated rings. The second-order valence-electron chi connectivity index (χ2n) is 6.50. The predicted octanol–water partition coefficient (Wildman–Crippen LogP) is 2.91. The number of rotatable bonds is 3. The van der Waals surface area contributed by atoms with Crippen LogP contribution in [-0.2, 0) is 17.4 Å². The van der Waals surface area contributed by atoms with Crippen LogP contribution in [0.4, 0.5) is 13.2 Å². The number of hydrogen-bond donors (Lipinski definition) is 1. The van der Waals surface area contributed by atoms with Gasteiger partial charge in [-0.1, -0.05) is 18.5 Å². The van der Waals surface area contributed by atoms with E-state index in [1.807, 2.05) is 0 Å². The van der Waals surface area contributed by atoms with Gasteiger partial charge in [0.2, 0.25) is 5.91 Å². The molecule has 146 valence electrons. The summed E-state index contributed by atoms with van der Waals surface area (Å²) in [6.07, 6.45) is -2.55. The minimum atomic E-state index is -4.60. The first-order valence-corrected chi connectivity index (χ1v) is 8.87. The molecule has 3 heterocycles. The lowest BCUT2D eigenvalue weighted by Crippen LogP contribution is -2.42. The summed E-state index contributed by atoms with van der Waals surface area (Å²) in [6.45, 7) is 2.36. The molecule has 0 aromatic carbocycles. The average molecular weight is 403 g/mol. The minimum Gasteiger partial charge on any atom is -0.369 e. The van der Waals surface area contributed by atoms with Crippen molar-refractivity contribution < 1.29 is 22.8 Å². The highest BCUT2D eigenvalue weighted by atomic mass is 35.5. The maximum Gasteiger partial charge on any atom is 0.417 e. The summed E-state index contributed by atoms with van der Waals surface area (Å²) in [6, 6.07) is 0.802. The quantitative estimate of drug-likeness (QED) is 0.857. The number of halogens is 4. The van der Waals surface area contributed by atoms with Gasteiger partial charge in [-0.15, -0.1) is 0 Å². The van der Waals surface area contributed by atoms with Crippen LogP contribution in [0.25, 0.3) is 5.65 Å². The first kappa shape index (κ1) is 19.5. The van der Waals surface area contributed by atoms with E-state index in [2.05, 4.69) is 4.98 Å². The standard InChI is InChI=1S/C17H18ClF3N4O2/c1-2-12-13(16(27)24-5-3-9(4-6-24)14(22)26)25-8-10(17(19,20)21)7-11(18)15(25)23-12/h7-9H,2-6H2,1H3,(H2,22,26). The Morgan fingerprint density at radius 3 is 2.48 bits per heavy atom. The lowest BCUT2D eigenvalue weighted by atomic mass is 9.96. The number of primary amides is 1. The van der Waals surface area contributed by atoms with Crippen LogP contribution in [0.5, 0.6) is 0 Å². The van der Waals surface area contributed by atoms with Crippen molar-refractivity contribution in [2.45, 2.75) is 32.4 Å². The molecule has 0 spiro atoms. The summed E-state index contributed by atoms with van der Waals surface area (Å²) in [7, 11) is 0. The van der Waals surface area contributed by atoms with Crippen LogP contribution >= 0.6 is 11.6 Å². The second kappa shape index (κ2) is 7.03. The van der Waals surface area contributed by atoms with Crippen molar-refractivity contribution in [1.82, 2.24) is 14.3 Å². The van der Waals surface area contributed by atoms with Crippen LogP contribution in [0.3, 0.4) is 0 Å². The Kier molecular flexibility index (Phi) is 5.07. The number of piperidine rings is 1. The lowest BCUT2D eigenvalue weighted by molar-refractivity contribution is -0.137. The molecule has 0 radical (unpaired) electrons. The zero-order valence-electron chi connectivity index (χ0n) is 14.5. The van der Waals surface area contributed by atoms with Gasteiger partial charge in [-0.2, -0.15) is 13.2 Å². The molecule has 2 aromatic rings. The predicted molar refractivity (Wildman–Crippen MR) is 92.4 cm³/mol. The van der Waals surface area contributed by atoms with Gasteiger partial charge in [-0.05, 0) is 25.3 Å². The Morgan fingerprint density at radius 1 is 1.33 bits per heavy atom. The molecule has 2 aromatic heterocycles. The van der Waals surface area contributed by atoms with E-state index in [4.69, 9.17) is 17.3 Å². The van der Waals surface area contributed by atoms with Gasteiger partial charge in [0, 0.05) is 25.2 Å². The van der Waals surface area contributed by atoms with Crippen LogP contribution in [0.1, 0.15) is 41.5 Å². The molecule has 6 nitrogen and oxygen atoms in total. The molecule has 10 heteroatoms. The van der Waals surface area contributed by atoms with Crippen molar-refractivity contribution in [3.63, 3.8) is 0 Å². The topological polar surface area (TPSA) is 80.7 Å². The fourth-order valence-electron chi connectivity index (χ4n) is 3.30. The Bertz CT molecular complexity index is 902. The Hall–Kier alpha value is -2.29. The maximum absolute atomic E-state index is 13.2. The van der Waals surface area contributed by atoms with E-state index in [1.165, 1.54) is 4.90 Å². The molecular formula is C17H18ClF3N4O2. The molecule has 2 N–H and O–H groups in total. The summed E-state index contributed by atoms with van der Waals surface area (Å²) in [5.41, 5.74) is 4.89. The number of nitrogens with zero attached hydrogens (tertiary/aromatic N) is 3. The van der Waals surface area contributed by atoms with Crippen LogP contribution in [0.15, 0.2) is 12.3 Å². The van der Waals surface area contributed by atoms with E-state index in [-0.39, 0.29) is 22.3 Å². The molecule has 27 heavy (non-hydrogen) atoms. The smallest absolute Gasteiger partial charge is 0.369 e. The van der Waals surface area contributed by atoms with Crippen molar-refractivity contribution in [1.29, 1.82) is 0 Å². The number of aryl methyl sites for hydroxylation is 1. The average Bonchev–Trinajstić information content (AvgIpc) is 2.99. The number of hydrogen-bond acceptors (Lipinski definition) is 3. The van der Waals surface area contributed by atoms with E-state index in [0.29, 0.717) is 38.0 Å². The number of pyridine rings is 1. The van der Waals surface area contributed by atoms with Gasteiger partial charge in [-0.25, -0.2) is 4.98 Å². The van der Waals surface area contributed by atoms with Crippen molar-refractivity contribution in [3.8, 4) is 0 Å². The van der Waals surface area contributed by atoms with E-state index in [0.717, 1.165) is 16.7 Å². The molecule has 1 aliphatic heterocycles. The highest BCUT2D eigenvalue weighted by Crippen LogP contribution is 2.33. The third kappa shape index (κ3) is 3.60. The second-order valence-corrected chi connectivity index (χ2v) is 6.90. The number of alkyl halides is 3. The zero-order chi connectivity index (χ0) is 19.9. The number of carbonyl (C=O) groups is 2. The van der Waals surface area contributed by atoms with Gasteiger partial charge >= 0.3 is 6.18 Å². The van der Waals surface area contributed by atoms with E-state index in [1.54, 1.807) is 6.92 Å². The van der Waals surface area contributed by atoms with E-state index < -0.39 is 23.6 Å². The van der Waals surface area contributed by atoms with Crippen LogP contribution < -0.4 is 5.73 Å². The first-order valence-electron chi connectivity index (χ1n) is 8.49. The number of carbonyl (C=O) groups excluding carboxylic acids is 2. The summed E-state index contributed by atoms with van der Waals surface area (Å²) < 4.78 is 40.6. The Morgan fingerprint density at radius 2 is 1.96 bits per heavy atom. The number of amides is 2. The molecule has 0 aliphatic carbocycles. The summed E-state index contributed by atoms with van der Waals surface area (Å²) in [4.78, 5) is 30.1. The van der Waals surface area contributed by atoms with Gasteiger partial charge in [0.05, 0.1) is 16.3 Å². The maximum atomic E-state index is 13.2. The van der Waals surface area contributed by atoms with Gasteiger partial charge < -0.3 is 10.6 Å². The monoisotopic (exact) mass is 402 g/mol. The highest BCUT2D eigenvalue weighted by Gasteiger charge is 2.34. The third-order valence-corrected chi connectivity index (χ3v) is 5.07. The van der Waals surface area contributed by atoms with Gasteiger partial charge in [0.1, 0.15) is 5.69 Å². The zero-order valence-corrected chi connectivity index (χ0v) is 15.3.